The highest BCUT2D eigenvalue weighted by Gasteiger charge is 2.68. The summed E-state index contributed by atoms with van der Waals surface area (Å²) in [6.07, 6.45) is 1.48. The minimum atomic E-state index is -0.422. The van der Waals surface area contributed by atoms with Crippen molar-refractivity contribution in [3.63, 3.8) is 0 Å². The van der Waals surface area contributed by atoms with E-state index < -0.39 is 6.10 Å². The van der Waals surface area contributed by atoms with Gasteiger partial charge in [0.25, 0.3) is 0 Å². The van der Waals surface area contributed by atoms with Crippen molar-refractivity contribution in [1.29, 1.82) is 0 Å². The van der Waals surface area contributed by atoms with Crippen LogP contribution in [0.25, 0.3) is 0 Å². The van der Waals surface area contributed by atoms with Crippen molar-refractivity contribution >= 4 is 5.91 Å². The molecule has 1 unspecified atom stereocenters. The van der Waals surface area contributed by atoms with Crippen LogP contribution in [0.1, 0.15) is 54.4 Å². The van der Waals surface area contributed by atoms with Gasteiger partial charge in [0.15, 0.2) is 0 Å². The fourth-order valence-electron chi connectivity index (χ4n) is 3.16. The lowest BCUT2D eigenvalue weighted by molar-refractivity contribution is -0.124. The number of amides is 1. The maximum Gasteiger partial charge on any atom is 0.224 e. The standard InChI is InChI=1S/C15H29NO2/c1-7-10(8-2)11(17)9-16-13(18)12-14(3,4)15(12,5)6/h10-12,17H,7-9H2,1-6H3,(H,16,18). The zero-order valence-corrected chi connectivity index (χ0v) is 12.7. The summed E-state index contributed by atoms with van der Waals surface area (Å²) in [5.74, 6) is 0.444. The lowest BCUT2D eigenvalue weighted by atomic mass is 9.96. The van der Waals surface area contributed by atoms with E-state index in [4.69, 9.17) is 0 Å². The second-order valence-electron chi connectivity index (χ2n) is 6.77. The highest BCUT2D eigenvalue weighted by atomic mass is 16.3. The van der Waals surface area contributed by atoms with Crippen LogP contribution >= 0.6 is 0 Å². The Kier molecular flexibility index (Phi) is 4.47. The molecule has 18 heavy (non-hydrogen) atoms. The highest BCUT2D eigenvalue weighted by molar-refractivity contribution is 5.84. The summed E-state index contributed by atoms with van der Waals surface area (Å²) in [7, 11) is 0. The molecule has 1 fully saturated rings. The number of rotatable bonds is 6. The molecule has 1 aliphatic rings. The Hall–Kier alpha value is -0.570. The maximum atomic E-state index is 12.1. The van der Waals surface area contributed by atoms with Crippen molar-refractivity contribution in [2.75, 3.05) is 6.54 Å². The van der Waals surface area contributed by atoms with E-state index in [0.29, 0.717) is 6.54 Å². The third-order valence-corrected chi connectivity index (χ3v) is 5.36. The van der Waals surface area contributed by atoms with Crippen LogP contribution in [0, 0.1) is 22.7 Å². The first kappa shape index (κ1) is 15.5. The van der Waals surface area contributed by atoms with Crippen molar-refractivity contribution < 1.29 is 9.90 Å². The molecule has 0 saturated heterocycles. The Morgan fingerprint density at radius 3 is 1.94 bits per heavy atom. The van der Waals surface area contributed by atoms with Gasteiger partial charge in [-0.25, -0.2) is 0 Å². The molecule has 0 aromatic rings. The molecule has 1 saturated carbocycles. The van der Waals surface area contributed by atoms with Crippen molar-refractivity contribution in [2.24, 2.45) is 22.7 Å². The van der Waals surface area contributed by atoms with Crippen LogP contribution in [-0.4, -0.2) is 23.7 Å². The third kappa shape index (κ3) is 2.56. The molecule has 0 radical (unpaired) electrons. The summed E-state index contributed by atoms with van der Waals surface area (Å²) in [5, 5.41) is 12.9. The third-order valence-electron chi connectivity index (χ3n) is 5.36. The van der Waals surface area contributed by atoms with Crippen LogP contribution in [0.3, 0.4) is 0 Å². The molecule has 0 aliphatic heterocycles. The number of carbonyl (C=O) groups is 1. The fourth-order valence-corrected chi connectivity index (χ4v) is 3.16. The summed E-state index contributed by atoms with van der Waals surface area (Å²) in [6, 6.07) is 0. The second-order valence-corrected chi connectivity index (χ2v) is 6.77. The van der Waals surface area contributed by atoms with Crippen LogP contribution in [0.15, 0.2) is 0 Å². The fraction of sp³-hybridized carbons (Fsp3) is 0.933. The van der Waals surface area contributed by atoms with Gasteiger partial charge < -0.3 is 10.4 Å². The number of hydrogen-bond donors (Lipinski definition) is 2. The molecule has 1 aliphatic carbocycles. The first-order chi connectivity index (χ1) is 8.20. The van der Waals surface area contributed by atoms with E-state index in [1.807, 2.05) is 0 Å². The lowest BCUT2D eigenvalue weighted by Gasteiger charge is -2.20. The van der Waals surface area contributed by atoms with Gasteiger partial charge in [0.05, 0.1) is 6.10 Å². The summed E-state index contributed by atoms with van der Waals surface area (Å²) >= 11 is 0. The van der Waals surface area contributed by atoms with Gasteiger partial charge >= 0.3 is 0 Å². The van der Waals surface area contributed by atoms with Crippen LogP contribution < -0.4 is 5.32 Å². The van der Waals surface area contributed by atoms with Crippen molar-refractivity contribution in [2.45, 2.75) is 60.5 Å². The SMILES string of the molecule is CCC(CC)C(O)CNC(=O)C1C(C)(C)C1(C)C. The van der Waals surface area contributed by atoms with Gasteiger partial charge in [-0.2, -0.15) is 0 Å². The molecular weight excluding hydrogens is 226 g/mol. The molecule has 3 nitrogen and oxygen atoms in total. The average molecular weight is 255 g/mol. The predicted molar refractivity (Wildman–Crippen MR) is 74.1 cm³/mol. The number of hydrogen-bond acceptors (Lipinski definition) is 2. The Morgan fingerprint density at radius 2 is 1.61 bits per heavy atom. The molecule has 0 aromatic carbocycles. The van der Waals surface area contributed by atoms with Gasteiger partial charge in [0, 0.05) is 12.5 Å². The normalized spacial score (nSPS) is 22.9. The van der Waals surface area contributed by atoms with E-state index in [1.165, 1.54) is 0 Å². The van der Waals surface area contributed by atoms with E-state index in [0.717, 1.165) is 12.8 Å². The van der Waals surface area contributed by atoms with Crippen molar-refractivity contribution in [3.8, 4) is 0 Å². The summed E-state index contributed by atoms with van der Waals surface area (Å²) in [6.45, 7) is 13.1. The Balaban J connectivity index is 2.44. The van der Waals surface area contributed by atoms with Gasteiger partial charge in [-0.3, -0.25) is 4.79 Å². The van der Waals surface area contributed by atoms with Crippen LogP contribution in [0.4, 0.5) is 0 Å². The Bertz CT molecular complexity index is 292. The van der Waals surface area contributed by atoms with Gasteiger partial charge in [-0.05, 0) is 16.7 Å². The smallest absolute Gasteiger partial charge is 0.224 e. The van der Waals surface area contributed by atoms with Crippen LogP contribution in [-0.2, 0) is 4.79 Å². The summed E-state index contributed by atoms with van der Waals surface area (Å²) < 4.78 is 0. The van der Waals surface area contributed by atoms with E-state index in [2.05, 4.69) is 46.9 Å². The van der Waals surface area contributed by atoms with Crippen molar-refractivity contribution in [3.05, 3.63) is 0 Å². The molecule has 106 valence electrons. The Morgan fingerprint density at radius 1 is 1.17 bits per heavy atom. The summed E-state index contributed by atoms with van der Waals surface area (Å²) in [4.78, 5) is 12.1. The zero-order valence-electron chi connectivity index (χ0n) is 12.7. The number of aliphatic hydroxyl groups excluding tert-OH is 1. The largest absolute Gasteiger partial charge is 0.391 e. The monoisotopic (exact) mass is 255 g/mol. The predicted octanol–water partition coefficient (Wildman–Crippen LogP) is 2.58. The molecular formula is C15H29NO2. The molecule has 1 atom stereocenters. The lowest BCUT2D eigenvalue weighted by Crippen LogP contribution is -2.37. The number of nitrogens with one attached hydrogen (secondary N) is 1. The molecule has 0 aromatic heterocycles. The quantitative estimate of drug-likeness (QED) is 0.766. The van der Waals surface area contributed by atoms with Gasteiger partial charge in [0.1, 0.15) is 0 Å². The number of aliphatic hydroxyl groups is 1. The maximum absolute atomic E-state index is 12.1. The Labute approximate surface area is 111 Å². The first-order valence-electron chi connectivity index (χ1n) is 7.15. The molecule has 3 heteroatoms. The molecule has 1 amide bonds. The molecule has 1 rings (SSSR count). The molecule has 2 N–H and O–H groups in total. The van der Waals surface area contributed by atoms with Gasteiger partial charge in [-0.1, -0.05) is 54.4 Å². The highest BCUT2D eigenvalue weighted by Crippen LogP contribution is 2.68. The van der Waals surface area contributed by atoms with Gasteiger partial charge in [-0.15, -0.1) is 0 Å². The number of carbonyl (C=O) groups excluding carboxylic acids is 1. The van der Waals surface area contributed by atoms with E-state index in [9.17, 15) is 9.90 Å². The van der Waals surface area contributed by atoms with Gasteiger partial charge in [0.2, 0.25) is 5.91 Å². The zero-order chi connectivity index (χ0) is 14.1. The first-order valence-corrected chi connectivity index (χ1v) is 7.15. The van der Waals surface area contributed by atoms with Crippen LogP contribution in [0.5, 0.6) is 0 Å². The molecule has 0 heterocycles. The minimum absolute atomic E-state index is 0.0664. The van der Waals surface area contributed by atoms with E-state index >= 15 is 0 Å². The van der Waals surface area contributed by atoms with Crippen molar-refractivity contribution in [1.82, 2.24) is 5.32 Å². The van der Waals surface area contributed by atoms with Crippen LogP contribution in [0.2, 0.25) is 0 Å². The van der Waals surface area contributed by atoms with E-state index in [-0.39, 0.29) is 28.6 Å². The summed E-state index contributed by atoms with van der Waals surface area (Å²) in [5.41, 5.74) is 0.133. The average Bonchev–Trinajstić information content (AvgIpc) is 2.68. The second kappa shape index (κ2) is 5.20. The molecule has 0 bridgehead atoms. The topological polar surface area (TPSA) is 49.3 Å². The minimum Gasteiger partial charge on any atom is -0.391 e. The molecule has 0 spiro atoms. The van der Waals surface area contributed by atoms with E-state index in [1.54, 1.807) is 0 Å².